The lowest BCUT2D eigenvalue weighted by molar-refractivity contribution is -0.0511. The van der Waals surface area contributed by atoms with E-state index < -0.39 is 31.1 Å². The van der Waals surface area contributed by atoms with Crippen LogP contribution in [0, 0.1) is 0 Å². The maximum Gasteiger partial charge on any atom is 0.203 e. The molecule has 1 fully saturated rings. The molecule has 4 rings (SSSR count). The number of benzene rings is 1. The topological polar surface area (TPSA) is 153 Å². The molecule has 1 aliphatic rings. The first kappa shape index (κ1) is 22.0. The van der Waals surface area contributed by atoms with Crippen molar-refractivity contribution in [3.05, 3.63) is 30.4 Å². The maximum atomic E-state index is 10.3. The largest absolute Gasteiger partial charge is 0.493 e. The fraction of sp³-hybridized carbons (Fsp3) is 0.450. The monoisotopic (exact) mass is 447 g/mol. The highest BCUT2D eigenvalue weighted by Gasteiger charge is 2.44. The summed E-state index contributed by atoms with van der Waals surface area (Å²) >= 11 is 0. The summed E-state index contributed by atoms with van der Waals surface area (Å²) in [6.07, 6.45) is -1.49. The number of imidazole rings is 1. The van der Waals surface area contributed by atoms with Crippen LogP contribution in [0.1, 0.15) is 11.8 Å². The molecular formula is C20H25N5O7. The standard InChI is InChI=1S/C20H25N5O7/c1-29-11-4-10(5-12(30-2)17(11)31-3)6-21-18-14-19(23-8-22-18)25(9-24-14)20-16(28)15(27)13(7-26)32-20/h4-5,8-9,13,15-16,20,26-28H,6-7H2,1-3H3,(H,21,22,23)/t13-,15-,16-,20?/m1/s1. The van der Waals surface area contributed by atoms with Gasteiger partial charge < -0.3 is 39.6 Å². The Hall–Kier alpha value is -3.19. The zero-order valence-corrected chi connectivity index (χ0v) is 17.8. The van der Waals surface area contributed by atoms with Gasteiger partial charge in [-0.05, 0) is 17.7 Å². The van der Waals surface area contributed by atoms with Crippen molar-refractivity contribution < 1.29 is 34.3 Å². The van der Waals surface area contributed by atoms with Gasteiger partial charge in [-0.3, -0.25) is 4.57 Å². The van der Waals surface area contributed by atoms with Crippen molar-refractivity contribution in [3.63, 3.8) is 0 Å². The van der Waals surface area contributed by atoms with Gasteiger partial charge in [0.15, 0.2) is 34.7 Å². The minimum atomic E-state index is -1.24. The summed E-state index contributed by atoms with van der Waals surface area (Å²) < 4.78 is 23.2. The minimum Gasteiger partial charge on any atom is -0.493 e. The first-order valence-corrected chi connectivity index (χ1v) is 9.85. The number of anilines is 1. The van der Waals surface area contributed by atoms with Crippen molar-refractivity contribution >= 4 is 17.0 Å². The summed E-state index contributed by atoms with van der Waals surface area (Å²) in [5.74, 6) is 2.03. The van der Waals surface area contributed by atoms with Gasteiger partial charge in [0.1, 0.15) is 24.6 Å². The molecule has 0 bridgehead atoms. The Balaban J connectivity index is 1.59. The summed E-state index contributed by atoms with van der Waals surface area (Å²) in [7, 11) is 4.64. The van der Waals surface area contributed by atoms with Gasteiger partial charge in [0.2, 0.25) is 5.75 Å². The van der Waals surface area contributed by atoms with Crippen molar-refractivity contribution in [2.45, 2.75) is 31.1 Å². The van der Waals surface area contributed by atoms with Crippen molar-refractivity contribution in [2.75, 3.05) is 33.3 Å². The molecule has 1 saturated heterocycles. The molecule has 3 heterocycles. The highest BCUT2D eigenvalue weighted by molar-refractivity contribution is 5.82. The molecule has 172 valence electrons. The highest BCUT2D eigenvalue weighted by atomic mass is 16.6. The third-order valence-corrected chi connectivity index (χ3v) is 5.33. The second-order valence-electron chi connectivity index (χ2n) is 7.16. The molecular weight excluding hydrogens is 422 g/mol. The molecule has 12 nitrogen and oxygen atoms in total. The number of nitrogens with zero attached hydrogens (tertiary/aromatic N) is 4. The number of hydrogen-bond donors (Lipinski definition) is 4. The first-order valence-electron chi connectivity index (χ1n) is 9.85. The number of nitrogens with one attached hydrogen (secondary N) is 1. The number of methoxy groups -OCH3 is 3. The average molecular weight is 447 g/mol. The van der Waals surface area contributed by atoms with Crippen LogP contribution in [0.4, 0.5) is 5.82 Å². The number of hydrogen-bond acceptors (Lipinski definition) is 11. The van der Waals surface area contributed by atoms with Crippen LogP contribution in [0.2, 0.25) is 0 Å². The Morgan fingerprint density at radius 1 is 1.03 bits per heavy atom. The van der Waals surface area contributed by atoms with Gasteiger partial charge in [-0.2, -0.15) is 0 Å². The molecule has 1 aliphatic heterocycles. The van der Waals surface area contributed by atoms with Crippen LogP contribution in [0.5, 0.6) is 17.2 Å². The van der Waals surface area contributed by atoms with E-state index in [-0.39, 0.29) is 0 Å². The molecule has 0 amide bonds. The quantitative estimate of drug-likeness (QED) is 0.371. The third-order valence-electron chi connectivity index (χ3n) is 5.33. The maximum absolute atomic E-state index is 10.3. The van der Waals surface area contributed by atoms with Crippen LogP contribution in [-0.2, 0) is 11.3 Å². The van der Waals surface area contributed by atoms with Gasteiger partial charge in [0.25, 0.3) is 0 Å². The third kappa shape index (κ3) is 3.77. The van der Waals surface area contributed by atoms with Crippen LogP contribution in [0.25, 0.3) is 11.2 Å². The van der Waals surface area contributed by atoms with E-state index in [2.05, 4.69) is 20.3 Å². The summed E-state index contributed by atoms with van der Waals surface area (Å²) in [5.41, 5.74) is 1.72. The van der Waals surface area contributed by atoms with E-state index in [4.69, 9.17) is 18.9 Å². The van der Waals surface area contributed by atoms with E-state index in [1.54, 1.807) is 21.3 Å². The second kappa shape index (κ2) is 9.12. The lowest BCUT2D eigenvalue weighted by Crippen LogP contribution is -2.33. The van der Waals surface area contributed by atoms with Gasteiger partial charge in [0.05, 0.1) is 34.3 Å². The van der Waals surface area contributed by atoms with E-state index in [0.717, 1.165) is 5.56 Å². The number of rotatable bonds is 8. The van der Waals surface area contributed by atoms with Gasteiger partial charge >= 0.3 is 0 Å². The Morgan fingerprint density at radius 2 is 1.75 bits per heavy atom. The molecule has 0 aliphatic carbocycles. The molecule has 0 radical (unpaired) electrons. The molecule has 0 saturated carbocycles. The fourth-order valence-electron chi connectivity index (χ4n) is 3.70. The molecule has 0 spiro atoms. The van der Waals surface area contributed by atoms with Gasteiger partial charge in [-0.15, -0.1) is 0 Å². The molecule has 32 heavy (non-hydrogen) atoms. The van der Waals surface area contributed by atoms with Gasteiger partial charge in [-0.25, -0.2) is 15.0 Å². The molecule has 1 unspecified atom stereocenters. The number of ether oxygens (including phenoxy) is 4. The van der Waals surface area contributed by atoms with Crippen LogP contribution in [-0.4, -0.2) is 81.1 Å². The second-order valence-corrected chi connectivity index (χ2v) is 7.16. The number of aliphatic hydroxyl groups is 3. The van der Waals surface area contributed by atoms with Crippen molar-refractivity contribution in [2.24, 2.45) is 0 Å². The van der Waals surface area contributed by atoms with E-state index in [1.807, 2.05) is 12.1 Å². The molecule has 4 atom stereocenters. The van der Waals surface area contributed by atoms with E-state index in [0.29, 0.717) is 40.8 Å². The van der Waals surface area contributed by atoms with E-state index >= 15 is 0 Å². The Kier molecular flexibility index (Phi) is 6.28. The molecule has 3 aromatic rings. The lowest BCUT2D eigenvalue weighted by atomic mass is 10.1. The SMILES string of the molecule is COc1cc(CNc2ncnc3c2ncn3C2O[C@H](CO)[C@@H](O)[C@H]2O)cc(OC)c1OC. The van der Waals surface area contributed by atoms with Crippen molar-refractivity contribution in [1.82, 2.24) is 19.5 Å². The van der Waals surface area contributed by atoms with Gasteiger partial charge in [0, 0.05) is 6.54 Å². The fourth-order valence-corrected chi connectivity index (χ4v) is 3.70. The van der Waals surface area contributed by atoms with Crippen molar-refractivity contribution in [3.8, 4) is 17.2 Å². The number of fused-ring (bicyclic) bond motifs is 1. The highest BCUT2D eigenvalue weighted by Crippen LogP contribution is 2.38. The van der Waals surface area contributed by atoms with Gasteiger partial charge in [-0.1, -0.05) is 0 Å². The zero-order valence-electron chi connectivity index (χ0n) is 17.8. The lowest BCUT2D eigenvalue weighted by Gasteiger charge is -2.16. The van der Waals surface area contributed by atoms with E-state index in [1.165, 1.54) is 17.2 Å². The predicted molar refractivity (Wildman–Crippen MR) is 112 cm³/mol. The predicted octanol–water partition coefficient (Wildman–Crippen LogP) is 0.0757. The minimum absolute atomic E-state index is 0.379. The smallest absolute Gasteiger partial charge is 0.203 e. The van der Waals surface area contributed by atoms with Crippen LogP contribution in [0.3, 0.4) is 0 Å². The average Bonchev–Trinajstić information content (AvgIpc) is 3.37. The number of aliphatic hydroxyl groups excluding tert-OH is 3. The Bertz CT molecular complexity index is 1070. The van der Waals surface area contributed by atoms with Crippen molar-refractivity contribution in [1.29, 1.82) is 0 Å². The summed E-state index contributed by atoms with van der Waals surface area (Å²) in [4.78, 5) is 12.9. The normalized spacial score (nSPS) is 22.8. The zero-order chi connectivity index (χ0) is 22.8. The Labute approximate surface area is 183 Å². The molecule has 2 aromatic heterocycles. The number of aromatic nitrogens is 4. The van der Waals surface area contributed by atoms with Crippen LogP contribution >= 0.6 is 0 Å². The summed E-state index contributed by atoms with van der Waals surface area (Å²) in [6.45, 7) is -0.0402. The molecule has 12 heteroatoms. The molecule has 4 N–H and O–H groups in total. The van der Waals surface area contributed by atoms with Crippen LogP contribution < -0.4 is 19.5 Å². The first-order chi connectivity index (χ1) is 15.5. The van der Waals surface area contributed by atoms with Crippen LogP contribution in [0.15, 0.2) is 24.8 Å². The Morgan fingerprint density at radius 3 is 2.34 bits per heavy atom. The van der Waals surface area contributed by atoms with E-state index in [9.17, 15) is 15.3 Å². The summed E-state index contributed by atoms with van der Waals surface area (Å²) in [6, 6.07) is 3.65. The summed E-state index contributed by atoms with van der Waals surface area (Å²) in [5, 5.41) is 32.9. The molecule has 1 aromatic carbocycles.